The van der Waals surface area contributed by atoms with Crippen molar-refractivity contribution in [2.75, 3.05) is 14.2 Å². The van der Waals surface area contributed by atoms with Crippen LogP contribution in [0.2, 0.25) is 0 Å². The second-order valence-corrected chi connectivity index (χ2v) is 6.25. The third-order valence-electron chi connectivity index (χ3n) is 4.39. The summed E-state index contributed by atoms with van der Waals surface area (Å²) in [6.45, 7) is 0. The molecular weight excluding hydrogens is 368 g/mol. The average Bonchev–Trinajstić information content (AvgIpc) is 2.79. The minimum Gasteiger partial charge on any atom is -0.497 e. The van der Waals surface area contributed by atoms with Gasteiger partial charge < -0.3 is 20.1 Å². The minimum absolute atomic E-state index is 0.309. The molecule has 0 aromatic heterocycles. The Balaban J connectivity index is 1.78. The Hall–Kier alpha value is -3.80. The van der Waals surface area contributed by atoms with Crippen molar-refractivity contribution in [2.45, 2.75) is 6.17 Å². The normalized spacial score (nSPS) is 10.3. The Bertz CT molecular complexity index is 893. The smallest absolute Gasteiger partial charge is 0.253 e. The van der Waals surface area contributed by atoms with Gasteiger partial charge in [0.2, 0.25) is 0 Å². The van der Waals surface area contributed by atoms with Crippen molar-refractivity contribution in [3.8, 4) is 11.5 Å². The van der Waals surface area contributed by atoms with Crippen molar-refractivity contribution in [2.24, 2.45) is 0 Å². The van der Waals surface area contributed by atoms with Crippen molar-refractivity contribution in [3.05, 3.63) is 95.6 Å². The maximum Gasteiger partial charge on any atom is 0.253 e. The van der Waals surface area contributed by atoms with Crippen molar-refractivity contribution < 1.29 is 19.1 Å². The summed E-state index contributed by atoms with van der Waals surface area (Å²) in [6.07, 6.45) is -0.694. The molecule has 6 nitrogen and oxygen atoms in total. The van der Waals surface area contributed by atoms with Crippen molar-refractivity contribution >= 4 is 11.8 Å². The largest absolute Gasteiger partial charge is 0.497 e. The monoisotopic (exact) mass is 390 g/mol. The van der Waals surface area contributed by atoms with E-state index >= 15 is 0 Å². The number of rotatable bonds is 7. The van der Waals surface area contributed by atoms with E-state index in [1.165, 1.54) is 0 Å². The molecule has 0 saturated carbocycles. The van der Waals surface area contributed by atoms with Gasteiger partial charge in [-0.05, 0) is 54.1 Å². The molecule has 0 radical (unpaired) electrons. The maximum absolute atomic E-state index is 12.7. The number of carbonyl (C=O) groups is 2. The lowest BCUT2D eigenvalue weighted by Gasteiger charge is -2.21. The lowest BCUT2D eigenvalue weighted by Crippen LogP contribution is -2.41. The Morgan fingerprint density at radius 3 is 1.45 bits per heavy atom. The molecule has 2 amide bonds. The molecule has 0 heterocycles. The van der Waals surface area contributed by atoms with Crippen LogP contribution in [-0.4, -0.2) is 26.0 Å². The average molecular weight is 390 g/mol. The molecule has 0 spiro atoms. The molecule has 0 aliphatic carbocycles. The third-order valence-corrected chi connectivity index (χ3v) is 4.39. The minimum atomic E-state index is -0.694. The first-order valence-corrected chi connectivity index (χ1v) is 9.05. The predicted octanol–water partition coefficient (Wildman–Crippen LogP) is 3.56. The molecular formula is C23H22N2O4. The first-order chi connectivity index (χ1) is 14.1. The number of amides is 2. The summed E-state index contributed by atoms with van der Waals surface area (Å²) in [5.74, 6) is 0.705. The van der Waals surface area contributed by atoms with E-state index in [4.69, 9.17) is 9.47 Å². The van der Waals surface area contributed by atoms with E-state index in [9.17, 15) is 9.59 Å². The van der Waals surface area contributed by atoms with Gasteiger partial charge in [-0.25, -0.2) is 0 Å². The van der Waals surface area contributed by atoms with E-state index in [0.717, 1.165) is 5.56 Å². The van der Waals surface area contributed by atoms with Gasteiger partial charge in [-0.1, -0.05) is 30.3 Å². The Morgan fingerprint density at radius 2 is 1.07 bits per heavy atom. The number of methoxy groups -OCH3 is 2. The van der Waals surface area contributed by atoms with Crippen LogP contribution in [0.5, 0.6) is 11.5 Å². The SMILES string of the molecule is COc1ccc(C(=O)NC(NC(=O)c2ccc(OC)cc2)c2ccccc2)cc1. The molecule has 0 atom stereocenters. The van der Waals surface area contributed by atoms with Gasteiger partial charge in [0.1, 0.15) is 17.7 Å². The van der Waals surface area contributed by atoms with Crippen LogP contribution in [0.3, 0.4) is 0 Å². The molecule has 0 aliphatic heterocycles. The van der Waals surface area contributed by atoms with E-state index in [-0.39, 0.29) is 11.8 Å². The molecule has 3 aromatic rings. The van der Waals surface area contributed by atoms with Gasteiger partial charge in [0.15, 0.2) is 0 Å². The van der Waals surface area contributed by atoms with Crippen molar-refractivity contribution in [1.82, 2.24) is 10.6 Å². The predicted molar refractivity (Wildman–Crippen MR) is 110 cm³/mol. The quantitative estimate of drug-likeness (QED) is 0.605. The summed E-state index contributed by atoms with van der Waals surface area (Å²) in [6, 6.07) is 22.8. The highest BCUT2D eigenvalue weighted by Gasteiger charge is 2.19. The van der Waals surface area contributed by atoms with Gasteiger partial charge in [-0.15, -0.1) is 0 Å². The molecule has 148 valence electrons. The van der Waals surface area contributed by atoms with Crippen LogP contribution in [0.15, 0.2) is 78.9 Å². The highest BCUT2D eigenvalue weighted by Crippen LogP contribution is 2.16. The van der Waals surface area contributed by atoms with E-state index in [2.05, 4.69) is 10.6 Å². The van der Waals surface area contributed by atoms with Crippen LogP contribution >= 0.6 is 0 Å². The molecule has 0 unspecified atom stereocenters. The summed E-state index contributed by atoms with van der Waals surface area (Å²) in [4.78, 5) is 25.4. The summed E-state index contributed by atoms with van der Waals surface area (Å²) >= 11 is 0. The number of ether oxygens (including phenoxy) is 2. The summed E-state index contributed by atoms with van der Waals surface area (Å²) < 4.78 is 10.2. The van der Waals surface area contributed by atoms with Crippen LogP contribution in [0.25, 0.3) is 0 Å². The van der Waals surface area contributed by atoms with Crippen molar-refractivity contribution in [1.29, 1.82) is 0 Å². The number of benzene rings is 3. The first-order valence-electron chi connectivity index (χ1n) is 9.05. The zero-order chi connectivity index (χ0) is 20.6. The van der Waals surface area contributed by atoms with Crippen LogP contribution < -0.4 is 20.1 Å². The summed E-state index contributed by atoms with van der Waals surface area (Å²) in [5, 5.41) is 5.75. The second-order valence-electron chi connectivity index (χ2n) is 6.25. The fraction of sp³-hybridized carbons (Fsp3) is 0.130. The number of hydrogen-bond acceptors (Lipinski definition) is 4. The molecule has 3 aromatic carbocycles. The van der Waals surface area contributed by atoms with Gasteiger partial charge in [0.25, 0.3) is 11.8 Å². The van der Waals surface area contributed by atoms with Crippen LogP contribution in [-0.2, 0) is 0 Å². The number of nitrogens with one attached hydrogen (secondary N) is 2. The van der Waals surface area contributed by atoms with Crippen LogP contribution in [0, 0.1) is 0 Å². The van der Waals surface area contributed by atoms with Gasteiger partial charge in [0.05, 0.1) is 14.2 Å². The lowest BCUT2D eigenvalue weighted by molar-refractivity contribution is 0.0883. The maximum atomic E-state index is 12.7. The first kappa shape index (κ1) is 19.9. The zero-order valence-electron chi connectivity index (χ0n) is 16.2. The fourth-order valence-corrected chi connectivity index (χ4v) is 2.76. The third kappa shape index (κ3) is 5.13. The molecule has 0 saturated heterocycles. The van der Waals surface area contributed by atoms with E-state index in [0.29, 0.717) is 22.6 Å². The lowest BCUT2D eigenvalue weighted by atomic mass is 10.1. The molecule has 2 N–H and O–H groups in total. The highest BCUT2D eigenvalue weighted by atomic mass is 16.5. The van der Waals surface area contributed by atoms with Gasteiger partial charge in [0, 0.05) is 11.1 Å². The van der Waals surface area contributed by atoms with Crippen LogP contribution in [0.4, 0.5) is 0 Å². The van der Waals surface area contributed by atoms with Gasteiger partial charge >= 0.3 is 0 Å². The fourth-order valence-electron chi connectivity index (χ4n) is 2.76. The second kappa shape index (κ2) is 9.41. The molecule has 0 aliphatic rings. The number of carbonyl (C=O) groups excluding carboxylic acids is 2. The number of hydrogen-bond donors (Lipinski definition) is 2. The van der Waals surface area contributed by atoms with E-state index in [1.807, 2.05) is 30.3 Å². The Morgan fingerprint density at radius 1 is 0.655 bits per heavy atom. The summed E-state index contributed by atoms with van der Waals surface area (Å²) in [5.41, 5.74) is 1.69. The van der Waals surface area contributed by atoms with E-state index in [1.54, 1.807) is 62.8 Å². The van der Waals surface area contributed by atoms with E-state index < -0.39 is 6.17 Å². The van der Waals surface area contributed by atoms with Gasteiger partial charge in [-0.3, -0.25) is 9.59 Å². The topological polar surface area (TPSA) is 76.7 Å². The molecule has 0 bridgehead atoms. The standard InChI is InChI=1S/C23H22N2O4/c1-28-19-12-8-17(9-13-19)22(26)24-21(16-6-4-3-5-7-16)25-23(27)18-10-14-20(29-2)15-11-18/h3-15,21H,1-2H3,(H,24,26)(H,25,27). The Labute approximate surface area is 169 Å². The Kier molecular flexibility index (Phi) is 6.47. The molecule has 3 rings (SSSR count). The van der Waals surface area contributed by atoms with Crippen molar-refractivity contribution in [3.63, 3.8) is 0 Å². The molecule has 29 heavy (non-hydrogen) atoms. The summed E-state index contributed by atoms with van der Waals surface area (Å²) in [7, 11) is 3.13. The molecule has 6 heteroatoms. The van der Waals surface area contributed by atoms with Gasteiger partial charge in [-0.2, -0.15) is 0 Å². The van der Waals surface area contributed by atoms with Crippen LogP contribution in [0.1, 0.15) is 32.4 Å². The zero-order valence-corrected chi connectivity index (χ0v) is 16.2. The molecule has 0 fully saturated rings. The highest BCUT2D eigenvalue weighted by molar-refractivity contribution is 5.97.